The van der Waals surface area contributed by atoms with Crippen molar-refractivity contribution >= 4 is 11.8 Å². The van der Waals surface area contributed by atoms with Gasteiger partial charge in [0.15, 0.2) is 5.78 Å². The minimum absolute atomic E-state index is 0.194. The van der Waals surface area contributed by atoms with Crippen molar-refractivity contribution in [2.75, 3.05) is 6.54 Å². The lowest BCUT2D eigenvalue weighted by molar-refractivity contribution is -0.144. The van der Waals surface area contributed by atoms with Gasteiger partial charge in [0.05, 0.1) is 29.4 Å². The molecule has 0 saturated heterocycles. The number of ketones is 1. The van der Waals surface area contributed by atoms with E-state index >= 15 is 0 Å². The summed E-state index contributed by atoms with van der Waals surface area (Å²) >= 11 is 0. The summed E-state index contributed by atoms with van der Waals surface area (Å²) in [6.07, 6.45) is 1.29. The van der Waals surface area contributed by atoms with Gasteiger partial charge in [0, 0.05) is 0 Å². The molecule has 0 spiro atoms. The first-order chi connectivity index (χ1) is 11.9. The first-order valence-corrected chi connectivity index (χ1v) is 8.50. The average Bonchev–Trinajstić information content (AvgIpc) is 3.18. The van der Waals surface area contributed by atoms with Crippen LogP contribution in [0.15, 0.2) is 24.3 Å². The highest BCUT2D eigenvalue weighted by molar-refractivity contribution is 5.98. The van der Waals surface area contributed by atoms with E-state index in [-0.39, 0.29) is 30.0 Å². The fourth-order valence-corrected chi connectivity index (χ4v) is 5.45. The van der Waals surface area contributed by atoms with Crippen LogP contribution in [0.2, 0.25) is 0 Å². The SMILES string of the molecule is CCC1(C#N)C(Cc2cccc(F)c2)CC2C(C(=O)O)C21C(=O)CN. The lowest BCUT2D eigenvalue weighted by Crippen LogP contribution is -2.45. The van der Waals surface area contributed by atoms with Crippen LogP contribution in [0.1, 0.15) is 25.3 Å². The highest BCUT2D eigenvalue weighted by Gasteiger charge is 2.85. The Morgan fingerprint density at radius 2 is 2.20 bits per heavy atom. The summed E-state index contributed by atoms with van der Waals surface area (Å²) in [5.74, 6) is -3.12. The Kier molecular flexibility index (Phi) is 4.16. The van der Waals surface area contributed by atoms with Gasteiger partial charge in [-0.1, -0.05) is 19.1 Å². The van der Waals surface area contributed by atoms with E-state index in [4.69, 9.17) is 5.73 Å². The number of carboxylic acid groups (broad SMARTS) is 1. The number of aliphatic carboxylic acids is 1. The molecule has 132 valence electrons. The van der Waals surface area contributed by atoms with Gasteiger partial charge in [0.1, 0.15) is 5.82 Å². The summed E-state index contributed by atoms with van der Waals surface area (Å²) in [7, 11) is 0. The van der Waals surface area contributed by atoms with Crippen LogP contribution in [0.4, 0.5) is 4.39 Å². The van der Waals surface area contributed by atoms with Gasteiger partial charge in [-0.3, -0.25) is 9.59 Å². The second-order valence-corrected chi connectivity index (χ2v) is 7.12. The summed E-state index contributed by atoms with van der Waals surface area (Å²) in [5, 5.41) is 19.6. The molecule has 0 aromatic heterocycles. The highest BCUT2D eigenvalue weighted by Crippen LogP contribution is 2.79. The molecule has 3 N–H and O–H groups in total. The monoisotopic (exact) mass is 344 g/mol. The third kappa shape index (κ3) is 2.15. The Hall–Kier alpha value is -2.26. The number of rotatable bonds is 6. The van der Waals surface area contributed by atoms with Crippen LogP contribution in [0.3, 0.4) is 0 Å². The van der Waals surface area contributed by atoms with E-state index in [0.29, 0.717) is 19.3 Å². The minimum atomic E-state index is -1.20. The van der Waals surface area contributed by atoms with Crippen LogP contribution < -0.4 is 5.73 Å². The van der Waals surface area contributed by atoms with Crippen LogP contribution in [0, 0.1) is 45.7 Å². The topological polar surface area (TPSA) is 104 Å². The summed E-state index contributed by atoms with van der Waals surface area (Å²) in [5.41, 5.74) is 4.05. The number of halogens is 1. The van der Waals surface area contributed by atoms with Crippen LogP contribution in [0.25, 0.3) is 0 Å². The lowest BCUT2D eigenvalue weighted by Gasteiger charge is -2.37. The van der Waals surface area contributed by atoms with Crippen molar-refractivity contribution in [1.82, 2.24) is 0 Å². The number of hydrogen-bond donors (Lipinski definition) is 2. The van der Waals surface area contributed by atoms with Gasteiger partial charge in [-0.15, -0.1) is 0 Å². The molecule has 25 heavy (non-hydrogen) atoms. The Morgan fingerprint density at radius 3 is 2.72 bits per heavy atom. The summed E-state index contributed by atoms with van der Waals surface area (Å²) in [6.45, 7) is 1.54. The zero-order valence-electron chi connectivity index (χ0n) is 14.0. The zero-order chi connectivity index (χ0) is 18.4. The zero-order valence-corrected chi connectivity index (χ0v) is 14.0. The van der Waals surface area contributed by atoms with Crippen LogP contribution in [0.5, 0.6) is 0 Å². The molecule has 0 radical (unpaired) electrons. The second kappa shape index (κ2) is 5.92. The number of Topliss-reactive ketones (excluding diaryl/α,β-unsaturated/α-hetero) is 1. The number of benzene rings is 1. The molecule has 2 saturated carbocycles. The molecule has 6 heteroatoms. The van der Waals surface area contributed by atoms with Crippen molar-refractivity contribution in [1.29, 1.82) is 5.26 Å². The first-order valence-electron chi connectivity index (χ1n) is 8.50. The van der Waals surface area contributed by atoms with E-state index < -0.39 is 22.7 Å². The fraction of sp³-hybridized carbons (Fsp3) is 0.526. The number of hydrogen-bond acceptors (Lipinski definition) is 4. The molecule has 0 bridgehead atoms. The Bertz CT molecular complexity index is 774. The van der Waals surface area contributed by atoms with Crippen molar-refractivity contribution in [2.24, 2.45) is 34.3 Å². The van der Waals surface area contributed by atoms with Crippen molar-refractivity contribution in [3.8, 4) is 6.07 Å². The van der Waals surface area contributed by atoms with Crippen molar-refractivity contribution < 1.29 is 19.1 Å². The van der Waals surface area contributed by atoms with Gasteiger partial charge in [0.25, 0.3) is 0 Å². The maximum absolute atomic E-state index is 13.5. The molecule has 0 heterocycles. The van der Waals surface area contributed by atoms with Gasteiger partial charge in [0.2, 0.25) is 0 Å². The van der Waals surface area contributed by atoms with E-state index in [2.05, 4.69) is 6.07 Å². The maximum atomic E-state index is 13.5. The molecule has 2 aliphatic rings. The average molecular weight is 344 g/mol. The van der Waals surface area contributed by atoms with E-state index in [1.807, 2.05) is 6.92 Å². The van der Waals surface area contributed by atoms with Gasteiger partial charge in [-0.05, 0) is 48.8 Å². The molecule has 0 aliphatic heterocycles. The molecule has 5 atom stereocenters. The van der Waals surface area contributed by atoms with Crippen LogP contribution in [-0.4, -0.2) is 23.4 Å². The standard InChI is InChI=1S/C19H21FN2O3/c1-2-18(10-22)12(6-11-4-3-5-13(20)7-11)8-14-16(17(24)25)19(14,18)15(23)9-21/h3-5,7,12,14,16H,2,6,8-9,21H2,1H3,(H,24,25). The molecule has 5 nitrogen and oxygen atoms in total. The molecular formula is C19H21FN2O3. The maximum Gasteiger partial charge on any atom is 0.307 e. The predicted octanol–water partition coefficient (Wildman–Crippen LogP) is 2.15. The molecule has 1 aromatic carbocycles. The molecule has 0 amide bonds. The first kappa shape index (κ1) is 17.6. The Balaban J connectivity index is 2.03. The van der Waals surface area contributed by atoms with Crippen LogP contribution in [-0.2, 0) is 16.0 Å². The van der Waals surface area contributed by atoms with Crippen LogP contribution >= 0.6 is 0 Å². The molecular weight excluding hydrogens is 323 g/mol. The largest absolute Gasteiger partial charge is 0.481 e. The number of nitrogens with two attached hydrogens (primary N) is 1. The number of carboxylic acids is 1. The number of nitrogens with zero attached hydrogens (tertiary/aromatic N) is 1. The van der Waals surface area contributed by atoms with E-state index in [1.165, 1.54) is 12.1 Å². The minimum Gasteiger partial charge on any atom is -0.481 e. The number of carbonyl (C=O) groups excluding carboxylic acids is 1. The summed E-state index contributed by atoms with van der Waals surface area (Å²) < 4.78 is 13.5. The quantitative estimate of drug-likeness (QED) is 0.823. The van der Waals surface area contributed by atoms with Crippen molar-refractivity contribution in [3.05, 3.63) is 35.6 Å². The Morgan fingerprint density at radius 1 is 1.48 bits per heavy atom. The molecule has 2 fully saturated rings. The predicted molar refractivity (Wildman–Crippen MR) is 87.7 cm³/mol. The molecule has 2 aliphatic carbocycles. The summed E-state index contributed by atoms with van der Waals surface area (Å²) in [6, 6.07) is 8.49. The molecule has 3 rings (SSSR count). The highest BCUT2D eigenvalue weighted by atomic mass is 19.1. The number of fused-ring (bicyclic) bond motifs is 1. The van der Waals surface area contributed by atoms with Gasteiger partial charge in [-0.2, -0.15) is 5.26 Å². The van der Waals surface area contributed by atoms with E-state index in [1.54, 1.807) is 12.1 Å². The molecule has 1 aromatic rings. The fourth-order valence-electron chi connectivity index (χ4n) is 5.45. The Labute approximate surface area is 145 Å². The second-order valence-electron chi connectivity index (χ2n) is 7.12. The van der Waals surface area contributed by atoms with Gasteiger partial charge < -0.3 is 10.8 Å². The number of carbonyl (C=O) groups is 2. The van der Waals surface area contributed by atoms with Crippen molar-refractivity contribution in [2.45, 2.75) is 26.2 Å². The number of nitriles is 1. The smallest absolute Gasteiger partial charge is 0.307 e. The lowest BCUT2D eigenvalue weighted by atomic mass is 9.62. The van der Waals surface area contributed by atoms with Crippen molar-refractivity contribution in [3.63, 3.8) is 0 Å². The van der Waals surface area contributed by atoms with Gasteiger partial charge in [-0.25, -0.2) is 4.39 Å². The van der Waals surface area contributed by atoms with Gasteiger partial charge >= 0.3 is 5.97 Å². The normalized spacial score (nSPS) is 35.7. The van der Waals surface area contributed by atoms with E-state index in [0.717, 1.165) is 5.56 Å². The van der Waals surface area contributed by atoms with E-state index in [9.17, 15) is 24.3 Å². The third-order valence-electron chi connectivity index (χ3n) is 6.38. The third-order valence-corrected chi connectivity index (χ3v) is 6.38. The molecule has 5 unspecified atom stereocenters. The summed E-state index contributed by atoms with van der Waals surface area (Å²) in [4.78, 5) is 24.4.